The molecule has 2 bridgehead atoms. The summed E-state index contributed by atoms with van der Waals surface area (Å²) in [5, 5.41) is -0.732. The van der Waals surface area contributed by atoms with Crippen molar-refractivity contribution >= 4 is 16.1 Å². The van der Waals surface area contributed by atoms with E-state index in [0.717, 1.165) is 0 Å². The van der Waals surface area contributed by atoms with Crippen molar-refractivity contribution in [2.45, 2.75) is 55.0 Å². The molecule has 0 aromatic rings. The SMILES string of the molecule is CC(F)(F)C(=O)OCC(F)(F)C(F)(F)COC1C2CC3C1OS(=O)(=O)C3C2. The molecule has 6 nitrogen and oxygen atoms in total. The van der Waals surface area contributed by atoms with Gasteiger partial charge in [0.25, 0.3) is 10.1 Å². The molecule has 1 aliphatic heterocycles. The zero-order valence-corrected chi connectivity index (χ0v) is 14.7. The third-order valence-corrected chi connectivity index (χ3v) is 6.92. The molecule has 1 saturated heterocycles. The van der Waals surface area contributed by atoms with Crippen molar-refractivity contribution in [2.75, 3.05) is 13.2 Å². The van der Waals surface area contributed by atoms with E-state index in [9.17, 15) is 39.6 Å². The number of halogens is 6. The number of hydrogen-bond donors (Lipinski definition) is 0. The maximum atomic E-state index is 13.8. The molecule has 27 heavy (non-hydrogen) atoms. The molecule has 0 amide bonds. The Morgan fingerprint density at radius 2 is 1.67 bits per heavy atom. The van der Waals surface area contributed by atoms with Crippen molar-refractivity contribution in [3.63, 3.8) is 0 Å². The number of fused-ring (bicyclic) bond motifs is 1. The molecule has 1 heterocycles. The summed E-state index contributed by atoms with van der Waals surface area (Å²) in [4.78, 5) is 10.8. The van der Waals surface area contributed by atoms with Gasteiger partial charge in [-0.05, 0) is 18.8 Å². The Hall–Kier alpha value is -1.08. The zero-order chi connectivity index (χ0) is 20.4. The summed E-state index contributed by atoms with van der Waals surface area (Å²) in [5.74, 6) is -17.1. The number of esters is 1. The molecule has 5 unspecified atom stereocenters. The molecule has 0 aromatic carbocycles. The van der Waals surface area contributed by atoms with Gasteiger partial charge in [-0.2, -0.15) is 34.8 Å². The summed E-state index contributed by atoms with van der Waals surface area (Å²) in [6.07, 6.45) is -1.59. The van der Waals surface area contributed by atoms with Crippen LogP contribution in [0.1, 0.15) is 19.8 Å². The van der Waals surface area contributed by atoms with E-state index >= 15 is 0 Å². The van der Waals surface area contributed by atoms with Gasteiger partial charge in [-0.1, -0.05) is 0 Å². The lowest BCUT2D eigenvalue weighted by Gasteiger charge is -2.30. The van der Waals surface area contributed by atoms with Gasteiger partial charge in [0.1, 0.15) is 12.7 Å². The highest BCUT2D eigenvalue weighted by Gasteiger charge is 2.66. The lowest BCUT2D eigenvalue weighted by molar-refractivity contribution is -0.260. The van der Waals surface area contributed by atoms with Gasteiger partial charge >= 0.3 is 23.7 Å². The van der Waals surface area contributed by atoms with Crippen molar-refractivity contribution in [2.24, 2.45) is 11.8 Å². The molecule has 0 radical (unpaired) electrons. The summed E-state index contributed by atoms with van der Waals surface area (Å²) in [5.41, 5.74) is 0. The second-order valence-electron chi connectivity index (χ2n) is 7.14. The van der Waals surface area contributed by atoms with Crippen LogP contribution in [0.4, 0.5) is 26.3 Å². The smallest absolute Gasteiger partial charge is 0.376 e. The van der Waals surface area contributed by atoms with E-state index in [1.807, 2.05) is 0 Å². The molecule has 3 fully saturated rings. The van der Waals surface area contributed by atoms with Crippen LogP contribution in [0.3, 0.4) is 0 Å². The topological polar surface area (TPSA) is 78.9 Å². The van der Waals surface area contributed by atoms with Crippen molar-refractivity contribution in [1.29, 1.82) is 0 Å². The number of carbonyl (C=O) groups is 1. The summed E-state index contributed by atoms with van der Waals surface area (Å²) in [6.45, 7) is -3.98. The first-order valence-corrected chi connectivity index (χ1v) is 9.47. The van der Waals surface area contributed by atoms with Gasteiger partial charge < -0.3 is 9.47 Å². The van der Waals surface area contributed by atoms with Crippen LogP contribution in [-0.4, -0.2) is 62.8 Å². The summed E-state index contributed by atoms with van der Waals surface area (Å²) < 4.78 is 117. The largest absolute Gasteiger partial charge is 0.455 e. The van der Waals surface area contributed by atoms with E-state index in [1.165, 1.54) is 0 Å². The van der Waals surface area contributed by atoms with Crippen LogP contribution in [0.5, 0.6) is 0 Å². The molecule has 3 rings (SSSR count). The van der Waals surface area contributed by atoms with Crippen LogP contribution < -0.4 is 0 Å². The number of alkyl halides is 6. The molecule has 2 aliphatic carbocycles. The van der Waals surface area contributed by atoms with Crippen LogP contribution in [0.25, 0.3) is 0 Å². The standard InChI is InChI=1S/C14H16F6O6S/c1-12(15,16)11(21)25-5-14(19,20)13(17,18)4-24-9-6-2-7-8(3-6)27(22,23)26-10(7)9/h6-10H,2-5H2,1H3. The van der Waals surface area contributed by atoms with Crippen molar-refractivity contribution in [3.05, 3.63) is 0 Å². The second-order valence-corrected chi connectivity index (χ2v) is 8.92. The van der Waals surface area contributed by atoms with Gasteiger partial charge in [0, 0.05) is 12.8 Å². The minimum atomic E-state index is -4.96. The van der Waals surface area contributed by atoms with Crippen LogP contribution in [0, 0.1) is 11.8 Å². The average molecular weight is 426 g/mol. The highest BCUT2D eigenvalue weighted by molar-refractivity contribution is 7.87. The fourth-order valence-corrected chi connectivity index (χ4v) is 5.69. The van der Waals surface area contributed by atoms with E-state index in [4.69, 9.17) is 8.92 Å². The predicted molar refractivity (Wildman–Crippen MR) is 75.0 cm³/mol. The van der Waals surface area contributed by atoms with E-state index in [0.29, 0.717) is 6.42 Å². The zero-order valence-electron chi connectivity index (χ0n) is 13.8. The Balaban J connectivity index is 1.59. The highest BCUT2D eigenvalue weighted by Crippen LogP contribution is 2.55. The first-order valence-electron chi connectivity index (χ1n) is 8.00. The number of ether oxygens (including phenoxy) is 2. The lowest BCUT2D eigenvalue weighted by Crippen LogP contribution is -2.50. The van der Waals surface area contributed by atoms with E-state index < -0.39 is 76.4 Å². The Morgan fingerprint density at radius 1 is 1.07 bits per heavy atom. The first kappa shape index (κ1) is 20.6. The Labute approximate surface area is 150 Å². The van der Waals surface area contributed by atoms with Gasteiger partial charge in [0.2, 0.25) is 0 Å². The number of hydrogen-bond acceptors (Lipinski definition) is 6. The summed E-state index contributed by atoms with van der Waals surface area (Å²) in [7, 11) is -3.82. The summed E-state index contributed by atoms with van der Waals surface area (Å²) in [6, 6.07) is 0. The predicted octanol–water partition coefficient (Wildman–Crippen LogP) is 1.98. The lowest BCUT2D eigenvalue weighted by atomic mass is 9.94. The molecular formula is C14H16F6O6S. The third-order valence-electron chi connectivity index (χ3n) is 5.15. The fraction of sp³-hybridized carbons (Fsp3) is 0.929. The van der Waals surface area contributed by atoms with Crippen molar-refractivity contribution in [1.82, 2.24) is 0 Å². The van der Waals surface area contributed by atoms with Gasteiger partial charge in [-0.3, -0.25) is 4.18 Å². The molecule has 0 N–H and O–H groups in total. The second kappa shape index (κ2) is 6.21. The van der Waals surface area contributed by atoms with Gasteiger partial charge in [0.05, 0.1) is 11.4 Å². The minimum absolute atomic E-state index is 0.0762. The fourth-order valence-electron chi connectivity index (χ4n) is 3.81. The van der Waals surface area contributed by atoms with E-state index in [-0.39, 0.29) is 13.3 Å². The molecule has 3 aliphatic rings. The van der Waals surface area contributed by atoms with Gasteiger partial charge in [0.15, 0.2) is 6.61 Å². The monoisotopic (exact) mass is 426 g/mol. The molecular weight excluding hydrogens is 410 g/mol. The molecule has 2 saturated carbocycles. The maximum absolute atomic E-state index is 13.8. The highest BCUT2D eigenvalue weighted by atomic mass is 32.2. The summed E-state index contributed by atoms with van der Waals surface area (Å²) >= 11 is 0. The first-order chi connectivity index (χ1) is 12.2. The third kappa shape index (κ3) is 3.53. The molecule has 156 valence electrons. The van der Waals surface area contributed by atoms with Gasteiger partial charge in [-0.25, -0.2) is 4.79 Å². The van der Waals surface area contributed by atoms with Crippen LogP contribution in [-0.2, 0) is 28.6 Å². The Kier molecular flexibility index (Phi) is 4.75. The Bertz CT molecular complexity index is 720. The van der Waals surface area contributed by atoms with Crippen LogP contribution in [0.2, 0.25) is 0 Å². The average Bonchev–Trinajstić information content (AvgIpc) is 3.12. The minimum Gasteiger partial charge on any atom is -0.455 e. The van der Waals surface area contributed by atoms with E-state index in [2.05, 4.69) is 4.74 Å². The van der Waals surface area contributed by atoms with Crippen LogP contribution in [0.15, 0.2) is 0 Å². The van der Waals surface area contributed by atoms with Gasteiger partial charge in [-0.15, -0.1) is 0 Å². The molecule has 5 atom stereocenters. The normalized spacial score (nSPS) is 34.9. The van der Waals surface area contributed by atoms with E-state index in [1.54, 1.807) is 0 Å². The number of rotatable bonds is 7. The number of carbonyl (C=O) groups excluding carboxylic acids is 1. The molecule has 13 heteroatoms. The van der Waals surface area contributed by atoms with Crippen molar-refractivity contribution < 1.29 is 53.2 Å². The van der Waals surface area contributed by atoms with Crippen molar-refractivity contribution in [3.8, 4) is 0 Å². The maximum Gasteiger partial charge on any atom is 0.376 e. The quantitative estimate of drug-likeness (QED) is 0.352. The molecule has 0 aromatic heterocycles. The molecule has 0 spiro atoms. The van der Waals surface area contributed by atoms with Crippen LogP contribution >= 0.6 is 0 Å². The Morgan fingerprint density at radius 3 is 2.26 bits per heavy atom.